The van der Waals surface area contributed by atoms with Gasteiger partial charge in [-0.3, -0.25) is 9.59 Å². The largest absolute Gasteiger partial charge is 0.355 e. The maximum absolute atomic E-state index is 12.3. The highest BCUT2D eigenvalue weighted by atomic mass is 16.2. The molecular weight excluding hydrogens is 270 g/mol. The van der Waals surface area contributed by atoms with Gasteiger partial charge in [-0.2, -0.15) is 0 Å². The van der Waals surface area contributed by atoms with Gasteiger partial charge in [0.15, 0.2) is 0 Å². The fourth-order valence-electron chi connectivity index (χ4n) is 2.33. The summed E-state index contributed by atoms with van der Waals surface area (Å²) in [5, 5.41) is 2.54. The Bertz CT molecular complexity index is 625. The average Bonchev–Trinajstić information content (AvgIpc) is 2.74. The maximum Gasteiger partial charge on any atom is 0.332 e. The number of nitrogens with zero attached hydrogens (tertiary/aromatic N) is 2. The first-order valence-corrected chi connectivity index (χ1v) is 6.55. The molecule has 0 bridgehead atoms. The summed E-state index contributed by atoms with van der Waals surface area (Å²) in [6.45, 7) is 5.63. The third kappa shape index (κ3) is 2.52. The molecule has 1 fully saturated rings. The molecule has 6 heteroatoms. The zero-order valence-corrected chi connectivity index (χ0v) is 12.0. The Morgan fingerprint density at radius 1 is 1.43 bits per heavy atom. The molecule has 0 aromatic heterocycles. The molecule has 6 nitrogen and oxygen atoms in total. The van der Waals surface area contributed by atoms with Gasteiger partial charge in [-0.05, 0) is 24.6 Å². The Balaban J connectivity index is 2.43. The van der Waals surface area contributed by atoms with E-state index in [0.29, 0.717) is 23.4 Å². The van der Waals surface area contributed by atoms with Gasteiger partial charge in [-0.25, -0.2) is 9.69 Å². The van der Waals surface area contributed by atoms with Crippen LogP contribution in [-0.2, 0) is 4.79 Å². The van der Waals surface area contributed by atoms with Gasteiger partial charge >= 0.3 is 6.03 Å². The van der Waals surface area contributed by atoms with E-state index in [1.165, 1.54) is 11.9 Å². The minimum absolute atomic E-state index is 0.0223. The van der Waals surface area contributed by atoms with Gasteiger partial charge in [0.05, 0.1) is 5.69 Å². The van der Waals surface area contributed by atoms with Crippen molar-refractivity contribution in [2.75, 3.05) is 25.0 Å². The van der Waals surface area contributed by atoms with Crippen molar-refractivity contribution in [1.29, 1.82) is 0 Å². The Morgan fingerprint density at radius 3 is 2.76 bits per heavy atom. The number of nitrogens with one attached hydrogen (secondary N) is 1. The molecule has 0 spiro atoms. The fraction of sp³-hybridized carbons (Fsp3) is 0.267. The number of hydrogen-bond donors (Lipinski definition) is 1. The molecule has 0 atom stereocenters. The quantitative estimate of drug-likeness (QED) is 0.670. The van der Waals surface area contributed by atoms with Crippen LogP contribution >= 0.6 is 0 Å². The zero-order valence-electron chi connectivity index (χ0n) is 12.0. The van der Waals surface area contributed by atoms with Crippen LogP contribution in [0.1, 0.15) is 15.9 Å². The number of amides is 4. The molecule has 0 unspecified atom stereocenters. The van der Waals surface area contributed by atoms with Gasteiger partial charge in [0, 0.05) is 19.2 Å². The van der Waals surface area contributed by atoms with E-state index in [9.17, 15) is 14.4 Å². The smallest absolute Gasteiger partial charge is 0.332 e. The molecule has 0 radical (unpaired) electrons. The summed E-state index contributed by atoms with van der Waals surface area (Å²) >= 11 is 0. The molecule has 1 N–H and O–H groups in total. The molecule has 21 heavy (non-hydrogen) atoms. The molecule has 2 rings (SSSR count). The van der Waals surface area contributed by atoms with E-state index >= 15 is 0 Å². The van der Waals surface area contributed by atoms with Gasteiger partial charge in [0.25, 0.3) is 11.8 Å². The summed E-state index contributed by atoms with van der Waals surface area (Å²) in [5.74, 6) is -0.560. The van der Waals surface area contributed by atoms with Crippen molar-refractivity contribution in [3.8, 4) is 0 Å². The van der Waals surface area contributed by atoms with E-state index in [1.807, 2.05) is 0 Å². The molecule has 0 aliphatic carbocycles. The third-order valence-corrected chi connectivity index (χ3v) is 3.40. The summed E-state index contributed by atoms with van der Waals surface area (Å²) < 4.78 is 0. The zero-order chi connectivity index (χ0) is 15.6. The molecule has 1 aliphatic heterocycles. The normalized spacial score (nSPS) is 14.6. The second-order valence-electron chi connectivity index (χ2n) is 4.71. The predicted molar refractivity (Wildman–Crippen MR) is 79.2 cm³/mol. The van der Waals surface area contributed by atoms with Crippen LogP contribution in [0.5, 0.6) is 0 Å². The highest BCUT2D eigenvalue weighted by Gasteiger charge is 2.37. The SMILES string of the molecule is C=CCN1CC(=O)N(c2cccc(C(=O)NC)c2C)C1=O. The van der Waals surface area contributed by atoms with Crippen molar-refractivity contribution < 1.29 is 14.4 Å². The number of urea groups is 1. The van der Waals surface area contributed by atoms with E-state index in [2.05, 4.69) is 11.9 Å². The Labute approximate surface area is 123 Å². The molecule has 110 valence electrons. The van der Waals surface area contributed by atoms with Crippen LogP contribution in [0.25, 0.3) is 0 Å². The lowest BCUT2D eigenvalue weighted by molar-refractivity contribution is -0.116. The maximum atomic E-state index is 12.3. The van der Waals surface area contributed by atoms with Crippen LogP contribution in [0.3, 0.4) is 0 Å². The number of carbonyl (C=O) groups is 3. The molecule has 1 heterocycles. The van der Waals surface area contributed by atoms with Gasteiger partial charge in [0.1, 0.15) is 6.54 Å². The number of imide groups is 1. The summed E-state index contributed by atoms with van der Waals surface area (Å²) in [6.07, 6.45) is 1.57. The van der Waals surface area contributed by atoms with Gasteiger partial charge < -0.3 is 10.2 Å². The van der Waals surface area contributed by atoms with E-state index in [0.717, 1.165) is 4.90 Å². The summed E-state index contributed by atoms with van der Waals surface area (Å²) in [6, 6.07) is 4.58. The first-order valence-electron chi connectivity index (χ1n) is 6.55. The number of carbonyl (C=O) groups excluding carboxylic acids is 3. The van der Waals surface area contributed by atoms with Crippen LogP contribution in [-0.4, -0.2) is 42.9 Å². The second-order valence-corrected chi connectivity index (χ2v) is 4.71. The first-order chi connectivity index (χ1) is 10.0. The molecule has 0 saturated carbocycles. The number of rotatable bonds is 4. The highest BCUT2D eigenvalue weighted by Crippen LogP contribution is 2.27. The lowest BCUT2D eigenvalue weighted by atomic mass is 10.1. The number of benzene rings is 1. The minimum atomic E-state index is -0.392. The van der Waals surface area contributed by atoms with Crippen molar-refractivity contribution in [2.24, 2.45) is 0 Å². The molecule has 1 aliphatic rings. The average molecular weight is 287 g/mol. The first kappa shape index (κ1) is 14.8. The lowest BCUT2D eigenvalue weighted by Crippen LogP contribution is -2.34. The van der Waals surface area contributed by atoms with E-state index < -0.39 is 6.03 Å². The summed E-state index contributed by atoms with van der Waals surface area (Å²) in [4.78, 5) is 38.7. The van der Waals surface area contributed by atoms with Gasteiger partial charge in [-0.15, -0.1) is 6.58 Å². The van der Waals surface area contributed by atoms with Crippen LogP contribution < -0.4 is 10.2 Å². The van der Waals surface area contributed by atoms with E-state index in [4.69, 9.17) is 0 Å². The van der Waals surface area contributed by atoms with Gasteiger partial charge in [-0.1, -0.05) is 12.1 Å². The number of anilines is 1. The molecular formula is C15H17N3O3. The van der Waals surface area contributed by atoms with Crippen molar-refractivity contribution in [3.05, 3.63) is 42.0 Å². The molecule has 1 saturated heterocycles. The van der Waals surface area contributed by atoms with E-state index in [-0.39, 0.29) is 18.4 Å². The highest BCUT2D eigenvalue weighted by molar-refractivity contribution is 6.20. The topological polar surface area (TPSA) is 69.7 Å². The standard InChI is InChI=1S/C15H17N3O3/c1-4-8-17-9-13(19)18(15(17)21)12-7-5-6-11(10(12)2)14(20)16-3/h4-7H,1,8-9H2,2-3H3,(H,16,20). The van der Waals surface area contributed by atoms with Crippen molar-refractivity contribution >= 4 is 23.5 Å². The lowest BCUT2D eigenvalue weighted by Gasteiger charge is -2.19. The van der Waals surface area contributed by atoms with Crippen molar-refractivity contribution in [1.82, 2.24) is 10.2 Å². The van der Waals surface area contributed by atoms with Crippen molar-refractivity contribution in [2.45, 2.75) is 6.92 Å². The van der Waals surface area contributed by atoms with Crippen molar-refractivity contribution in [3.63, 3.8) is 0 Å². The number of hydrogen-bond acceptors (Lipinski definition) is 3. The monoisotopic (exact) mass is 287 g/mol. The van der Waals surface area contributed by atoms with E-state index in [1.54, 1.807) is 31.2 Å². The Hall–Kier alpha value is -2.63. The summed E-state index contributed by atoms with van der Waals surface area (Å²) in [5.41, 5.74) is 1.48. The second kappa shape index (κ2) is 5.78. The Kier molecular flexibility index (Phi) is 4.07. The fourth-order valence-corrected chi connectivity index (χ4v) is 2.33. The summed E-state index contributed by atoms with van der Waals surface area (Å²) in [7, 11) is 1.53. The van der Waals surface area contributed by atoms with Crippen LogP contribution in [0.4, 0.5) is 10.5 Å². The van der Waals surface area contributed by atoms with Crippen LogP contribution in [0, 0.1) is 6.92 Å². The molecule has 1 aromatic rings. The predicted octanol–water partition coefficient (Wildman–Crippen LogP) is 1.31. The van der Waals surface area contributed by atoms with Gasteiger partial charge in [0.2, 0.25) is 0 Å². The molecule has 1 aromatic carbocycles. The van der Waals surface area contributed by atoms with Crippen LogP contribution in [0.15, 0.2) is 30.9 Å². The third-order valence-electron chi connectivity index (χ3n) is 3.40. The molecule has 4 amide bonds. The Morgan fingerprint density at radius 2 is 2.14 bits per heavy atom. The van der Waals surface area contributed by atoms with Crippen LogP contribution in [0.2, 0.25) is 0 Å². The minimum Gasteiger partial charge on any atom is -0.355 e.